The topological polar surface area (TPSA) is 105 Å². The molecule has 2 N–H and O–H groups in total. The highest BCUT2D eigenvalue weighted by molar-refractivity contribution is 5.91. The normalized spacial score (nSPS) is 19.1. The van der Waals surface area contributed by atoms with Crippen LogP contribution in [0.5, 0.6) is 0 Å². The van der Waals surface area contributed by atoms with Gasteiger partial charge in [-0.3, -0.25) is 4.79 Å². The molecule has 1 heterocycles. The summed E-state index contributed by atoms with van der Waals surface area (Å²) in [5.74, 6) is -1.14. The molecule has 8 nitrogen and oxygen atoms in total. The molecule has 1 aliphatic rings. The van der Waals surface area contributed by atoms with Crippen molar-refractivity contribution in [2.24, 2.45) is 0 Å². The molecule has 2 aromatic carbocycles. The first kappa shape index (κ1) is 21.3. The largest absolute Gasteiger partial charge is 0.467 e. The van der Waals surface area contributed by atoms with Gasteiger partial charge in [0.15, 0.2) is 0 Å². The molecule has 3 atom stereocenters. The van der Waals surface area contributed by atoms with Crippen molar-refractivity contribution in [1.29, 1.82) is 0 Å². The molecule has 0 spiro atoms. The number of amides is 2. The Labute approximate surface area is 174 Å². The van der Waals surface area contributed by atoms with Crippen molar-refractivity contribution in [3.63, 3.8) is 0 Å². The summed E-state index contributed by atoms with van der Waals surface area (Å²) in [4.78, 5) is 39.0. The number of hydrogen-bond donors (Lipinski definition) is 2. The van der Waals surface area contributed by atoms with Gasteiger partial charge in [-0.1, -0.05) is 60.7 Å². The first-order chi connectivity index (χ1) is 14.5. The average Bonchev–Trinajstić information content (AvgIpc) is 3.18. The standard InChI is InChI=1S/C22H24N2O6/c1-29-21(27)18-12-17(25)13-24(18)20(26)19(16-10-6-3-7-11-16)23-22(28)30-14-15-8-4-2-5-9-15/h2-11,17-19,25H,12-14H2,1H3,(H,23,28)/t17-,18+,19?/m1/s1. The van der Waals surface area contributed by atoms with Gasteiger partial charge in [0, 0.05) is 13.0 Å². The minimum absolute atomic E-state index is 0.0251. The molecule has 0 saturated carbocycles. The Morgan fingerprint density at radius 3 is 2.37 bits per heavy atom. The maximum absolute atomic E-state index is 13.3. The number of aliphatic hydroxyl groups excluding tert-OH is 1. The van der Waals surface area contributed by atoms with Crippen LogP contribution in [0.1, 0.15) is 23.6 Å². The SMILES string of the molecule is COC(=O)[C@@H]1C[C@@H](O)CN1C(=O)C(NC(=O)OCc1ccccc1)c1ccccc1. The average molecular weight is 412 g/mol. The Bertz CT molecular complexity index is 874. The maximum Gasteiger partial charge on any atom is 0.408 e. The van der Waals surface area contributed by atoms with Crippen LogP contribution in [0.3, 0.4) is 0 Å². The van der Waals surface area contributed by atoms with Crippen LogP contribution in [0.4, 0.5) is 4.79 Å². The summed E-state index contributed by atoms with van der Waals surface area (Å²) in [6.07, 6.45) is -1.53. The summed E-state index contributed by atoms with van der Waals surface area (Å²) in [6.45, 7) is 0.0261. The fourth-order valence-electron chi connectivity index (χ4n) is 3.40. The number of hydrogen-bond acceptors (Lipinski definition) is 6. The number of β-amino-alcohol motifs (C(OH)–C–C–N with tert-alkyl or cyclic N) is 1. The van der Waals surface area contributed by atoms with E-state index < -0.39 is 36.2 Å². The fraction of sp³-hybridized carbons (Fsp3) is 0.318. The van der Waals surface area contributed by atoms with Crippen LogP contribution >= 0.6 is 0 Å². The third kappa shape index (κ3) is 5.15. The molecule has 30 heavy (non-hydrogen) atoms. The van der Waals surface area contributed by atoms with E-state index >= 15 is 0 Å². The number of aliphatic hydroxyl groups is 1. The predicted octanol–water partition coefficient (Wildman–Crippen LogP) is 1.79. The number of alkyl carbamates (subject to hydrolysis) is 1. The maximum atomic E-state index is 13.3. The Hall–Kier alpha value is -3.39. The molecule has 2 aromatic rings. The minimum Gasteiger partial charge on any atom is -0.467 e. The van der Waals surface area contributed by atoms with Crippen molar-refractivity contribution in [1.82, 2.24) is 10.2 Å². The number of nitrogens with zero attached hydrogens (tertiary/aromatic N) is 1. The molecule has 0 aliphatic carbocycles. The van der Waals surface area contributed by atoms with E-state index in [-0.39, 0.29) is 19.6 Å². The summed E-state index contributed by atoms with van der Waals surface area (Å²) >= 11 is 0. The van der Waals surface area contributed by atoms with Crippen LogP contribution in [-0.2, 0) is 25.7 Å². The monoisotopic (exact) mass is 412 g/mol. The van der Waals surface area contributed by atoms with E-state index in [4.69, 9.17) is 9.47 Å². The van der Waals surface area contributed by atoms with Crippen LogP contribution in [0, 0.1) is 0 Å². The van der Waals surface area contributed by atoms with Crippen LogP contribution in [-0.4, -0.2) is 53.8 Å². The number of ether oxygens (including phenoxy) is 2. The first-order valence-electron chi connectivity index (χ1n) is 9.58. The smallest absolute Gasteiger partial charge is 0.408 e. The van der Waals surface area contributed by atoms with E-state index in [2.05, 4.69) is 5.32 Å². The van der Waals surface area contributed by atoms with E-state index in [0.717, 1.165) is 5.56 Å². The summed E-state index contributed by atoms with van der Waals surface area (Å²) in [5, 5.41) is 12.6. The molecule has 8 heteroatoms. The van der Waals surface area contributed by atoms with E-state index in [1.165, 1.54) is 12.0 Å². The van der Waals surface area contributed by atoms with Gasteiger partial charge < -0.3 is 24.8 Å². The van der Waals surface area contributed by atoms with Gasteiger partial charge in [-0.25, -0.2) is 9.59 Å². The zero-order valence-corrected chi connectivity index (χ0v) is 16.6. The molecule has 3 rings (SSSR count). The lowest BCUT2D eigenvalue weighted by Crippen LogP contribution is -2.47. The van der Waals surface area contributed by atoms with Gasteiger partial charge in [0.1, 0.15) is 18.7 Å². The molecular formula is C22H24N2O6. The highest BCUT2D eigenvalue weighted by Gasteiger charge is 2.42. The summed E-state index contributed by atoms with van der Waals surface area (Å²) in [7, 11) is 1.23. The van der Waals surface area contributed by atoms with Crippen molar-refractivity contribution in [3.05, 3.63) is 71.8 Å². The summed E-state index contributed by atoms with van der Waals surface area (Å²) in [5.41, 5.74) is 1.34. The Balaban J connectivity index is 1.76. The van der Waals surface area contributed by atoms with Gasteiger partial charge in [-0.15, -0.1) is 0 Å². The molecule has 2 amide bonds. The summed E-state index contributed by atoms with van der Waals surface area (Å²) in [6, 6.07) is 15.8. The van der Waals surface area contributed by atoms with Crippen molar-refractivity contribution in [2.75, 3.05) is 13.7 Å². The minimum atomic E-state index is -1.08. The molecular weight excluding hydrogens is 388 g/mol. The number of rotatable bonds is 6. The third-order valence-corrected chi connectivity index (χ3v) is 4.89. The first-order valence-corrected chi connectivity index (χ1v) is 9.58. The second-order valence-corrected chi connectivity index (χ2v) is 6.97. The van der Waals surface area contributed by atoms with Gasteiger partial charge >= 0.3 is 12.1 Å². The number of nitrogens with one attached hydrogen (secondary N) is 1. The van der Waals surface area contributed by atoms with Crippen molar-refractivity contribution >= 4 is 18.0 Å². The molecule has 0 radical (unpaired) electrons. The highest BCUT2D eigenvalue weighted by atomic mass is 16.5. The second-order valence-electron chi connectivity index (χ2n) is 6.97. The van der Waals surface area contributed by atoms with Gasteiger partial charge in [-0.05, 0) is 11.1 Å². The molecule has 1 saturated heterocycles. The Morgan fingerprint density at radius 2 is 1.73 bits per heavy atom. The van der Waals surface area contributed by atoms with Crippen molar-refractivity contribution < 1.29 is 29.0 Å². The lowest BCUT2D eigenvalue weighted by Gasteiger charge is -2.27. The molecule has 1 aliphatic heterocycles. The third-order valence-electron chi connectivity index (χ3n) is 4.89. The van der Waals surface area contributed by atoms with Gasteiger partial charge in [0.25, 0.3) is 5.91 Å². The number of benzene rings is 2. The number of esters is 1. The predicted molar refractivity (Wildman–Crippen MR) is 107 cm³/mol. The van der Waals surface area contributed by atoms with Crippen molar-refractivity contribution in [3.8, 4) is 0 Å². The van der Waals surface area contributed by atoms with E-state index in [9.17, 15) is 19.5 Å². The number of carbonyl (C=O) groups is 3. The Morgan fingerprint density at radius 1 is 1.10 bits per heavy atom. The molecule has 1 fully saturated rings. The molecule has 158 valence electrons. The van der Waals surface area contributed by atoms with E-state index in [1.807, 2.05) is 30.3 Å². The number of likely N-dealkylation sites (tertiary alicyclic amines) is 1. The van der Waals surface area contributed by atoms with E-state index in [1.54, 1.807) is 30.3 Å². The van der Waals surface area contributed by atoms with Crippen LogP contribution in [0.25, 0.3) is 0 Å². The van der Waals surface area contributed by atoms with Crippen LogP contribution in [0.15, 0.2) is 60.7 Å². The van der Waals surface area contributed by atoms with Crippen LogP contribution in [0.2, 0.25) is 0 Å². The lowest BCUT2D eigenvalue weighted by atomic mass is 10.1. The van der Waals surface area contributed by atoms with Crippen LogP contribution < -0.4 is 5.32 Å². The van der Waals surface area contributed by atoms with Crippen molar-refractivity contribution in [2.45, 2.75) is 31.2 Å². The number of carbonyl (C=O) groups excluding carboxylic acids is 3. The second kappa shape index (κ2) is 9.89. The van der Waals surface area contributed by atoms with Gasteiger partial charge in [0.05, 0.1) is 13.2 Å². The fourth-order valence-corrected chi connectivity index (χ4v) is 3.40. The van der Waals surface area contributed by atoms with Gasteiger partial charge in [-0.2, -0.15) is 0 Å². The zero-order valence-electron chi connectivity index (χ0n) is 16.6. The molecule has 0 bridgehead atoms. The highest BCUT2D eigenvalue weighted by Crippen LogP contribution is 2.25. The van der Waals surface area contributed by atoms with Gasteiger partial charge in [0.2, 0.25) is 0 Å². The Kier molecular flexibility index (Phi) is 7.03. The summed E-state index contributed by atoms with van der Waals surface area (Å²) < 4.78 is 10.0. The molecule has 0 aromatic heterocycles. The zero-order chi connectivity index (χ0) is 21.5. The molecule has 1 unspecified atom stereocenters. The number of methoxy groups -OCH3 is 1. The lowest BCUT2D eigenvalue weighted by molar-refractivity contribution is -0.151. The quantitative estimate of drug-likeness (QED) is 0.701. The van der Waals surface area contributed by atoms with E-state index in [0.29, 0.717) is 5.56 Å².